The molecule has 0 radical (unpaired) electrons. The van der Waals surface area contributed by atoms with Crippen molar-refractivity contribution in [1.29, 1.82) is 0 Å². The molecule has 3 aromatic carbocycles. The van der Waals surface area contributed by atoms with Crippen LogP contribution >= 0.6 is 0 Å². The minimum atomic E-state index is -4.50. The lowest BCUT2D eigenvalue weighted by molar-refractivity contribution is -0.137. The second-order valence-electron chi connectivity index (χ2n) is 8.28. The first-order valence-electron chi connectivity index (χ1n) is 10.9. The largest absolute Gasteiger partial charge is 0.478 e. The van der Waals surface area contributed by atoms with E-state index in [9.17, 15) is 27.9 Å². The van der Waals surface area contributed by atoms with Gasteiger partial charge in [-0.25, -0.2) is 4.79 Å². The van der Waals surface area contributed by atoms with Crippen molar-refractivity contribution in [1.82, 2.24) is 5.32 Å². The molecule has 1 fully saturated rings. The molecule has 1 aliphatic rings. The molecule has 0 aliphatic carbocycles. The Hall–Kier alpha value is -3.65. The maximum Gasteiger partial charge on any atom is 0.416 e. The van der Waals surface area contributed by atoms with E-state index in [-0.39, 0.29) is 16.8 Å². The van der Waals surface area contributed by atoms with Gasteiger partial charge in [-0.15, -0.1) is 0 Å². The normalized spacial score (nSPS) is 14.6. The molecule has 0 unspecified atom stereocenters. The molecule has 4 rings (SSSR count). The molecule has 1 saturated heterocycles. The van der Waals surface area contributed by atoms with Crippen molar-refractivity contribution < 1.29 is 27.9 Å². The van der Waals surface area contributed by atoms with Crippen LogP contribution in [0, 0.1) is 0 Å². The third-order valence-corrected chi connectivity index (χ3v) is 5.97. The van der Waals surface area contributed by atoms with Gasteiger partial charge in [-0.05, 0) is 91.0 Å². The van der Waals surface area contributed by atoms with Crippen molar-refractivity contribution in [3.05, 3.63) is 89.0 Å². The Morgan fingerprint density at radius 2 is 1.50 bits per heavy atom. The molecule has 0 spiro atoms. The lowest BCUT2D eigenvalue weighted by Crippen LogP contribution is -2.26. The summed E-state index contributed by atoms with van der Waals surface area (Å²) in [6, 6.07) is 16.3. The number of carbonyl (C=O) groups excluding carboxylic acids is 1. The quantitative estimate of drug-likeness (QED) is 0.443. The first-order valence-corrected chi connectivity index (χ1v) is 10.9. The number of rotatable bonds is 5. The van der Waals surface area contributed by atoms with Crippen molar-refractivity contribution in [3.8, 4) is 11.1 Å². The van der Waals surface area contributed by atoms with Crippen LogP contribution in [0.15, 0.2) is 66.7 Å². The number of carbonyl (C=O) groups is 2. The fourth-order valence-corrected chi connectivity index (χ4v) is 4.11. The van der Waals surface area contributed by atoms with Crippen LogP contribution in [0.5, 0.6) is 0 Å². The third-order valence-electron chi connectivity index (χ3n) is 5.97. The molecule has 0 saturated carbocycles. The molecule has 0 bridgehead atoms. The molecular weight excluding hydrogens is 445 g/mol. The van der Waals surface area contributed by atoms with Gasteiger partial charge in [0.1, 0.15) is 0 Å². The third kappa shape index (κ3) is 5.46. The molecule has 0 aromatic heterocycles. The maximum atomic E-state index is 12.8. The fourth-order valence-electron chi connectivity index (χ4n) is 4.11. The highest BCUT2D eigenvalue weighted by molar-refractivity contribution is 6.05. The molecule has 3 aromatic rings. The van der Waals surface area contributed by atoms with E-state index < -0.39 is 23.6 Å². The van der Waals surface area contributed by atoms with Crippen LogP contribution in [0.4, 0.5) is 18.9 Å². The summed E-state index contributed by atoms with van der Waals surface area (Å²) >= 11 is 0. The summed E-state index contributed by atoms with van der Waals surface area (Å²) in [7, 11) is 0. The van der Waals surface area contributed by atoms with Crippen molar-refractivity contribution >= 4 is 17.6 Å². The van der Waals surface area contributed by atoms with Gasteiger partial charge in [0.05, 0.1) is 11.1 Å². The molecule has 1 amide bonds. The number of piperidine rings is 1. The highest BCUT2D eigenvalue weighted by Gasteiger charge is 2.30. The summed E-state index contributed by atoms with van der Waals surface area (Å²) < 4.78 is 38.3. The molecular formula is C26H23F3N2O3. The maximum absolute atomic E-state index is 12.8. The fraction of sp³-hybridized carbons (Fsp3) is 0.231. The van der Waals surface area contributed by atoms with Crippen molar-refractivity contribution in [2.75, 3.05) is 18.4 Å². The van der Waals surface area contributed by atoms with Gasteiger partial charge >= 0.3 is 12.1 Å². The zero-order valence-corrected chi connectivity index (χ0v) is 18.2. The summed E-state index contributed by atoms with van der Waals surface area (Å²) in [5.41, 5.74) is 2.04. The second kappa shape index (κ2) is 9.69. The molecule has 8 heteroatoms. The standard InChI is InChI=1S/C26H23F3N2O3/c27-26(28,29)22-7-5-19(6-8-22)24(32)31-23-14-20(13-21(15-23)25(33)34)17-3-1-16(2-4-17)18-9-11-30-12-10-18/h1-8,13-15,18,30H,9-12H2,(H,31,32)(H,33,34). The van der Waals surface area contributed by atoms with Crippen molar-refractivity contribution in [2.24, 2.45) is 0 Å². The van der Waals surface area contributed by atoms with E-state index in [1.807, 2.05) is 24.3 Å². The number of amides is 1. The highest BCUT2D eigenvalue weighted by atomic mass is 19.4. The Morgan fingerprint density at radius 1 is 0.853 bits per heavy atom. The molecule has 176 valence electrons. The predicted octanol–water partition coefficient (Wildman–Crippen LogP) is 5.79. The van der Waals surface area contributed by atoms with Gasteiger partial charge in [0.2, 0.25) is 0 Å². The monoisotopic (exact) mass is 468 g/mol. The van der Waals surface area contributed by atoms with E-state index in [0.717, 1.165) is 55.8 Å². The molecule has 3 N–H and O–H groups in total. The van der Waals surface area contributed by atoms with Crippen molar-refractivity contribution in [2.45, 2.75) is 24.9 Å². The van der Waals surface area contributed by atoms with Crippen LogP contribution in [-0.2, 0) is 6.18 Å². The Bertz CT molecular complexity index is 1180. The van der Waals surface area contributed by atoms with E-state index in [4.69, 9.17) is 0 Å². The number of aromatic carboxylic acids is 1. The molecule has 0 atom stereocenters. The van der Waals surface area contributed by atoms with Gasteiger partial charge in [0.25, 0.3) is 5.91 Å². The topological polar surface area (TPSA) is 78.4 Å². The molecule has 5 nitrogen and oxygen atoms in total. The van der Waals surface area contributed by atoms with Crippen LogP contribution in [-0.4, -0.2) is 30.1 Å². The number of benzene rings is 3. The lowest BCUT2D eigenvalue weighted by Gasteiger charge is -2.23. The lowest BCUT2D eigenvalue weighted by atomic mass is 9.89. The Morgan fingerprint density at radius 3 is 2.09 bits per heavy atom. The number of carboxylic acids is 1. The van der Waals surface area contributed by atoms with E-state index in [1.54, 1.807) is 6.07 Å². The summed E-state index contributed by atoms with van der Waals surface area (Å²) in [5, 5.41) is 15.5. The smallest absolute Gasteiger partial charge is 0.416 e. The van der Waals surface area contributed by atoms with E-state index in [0.29, 0.717) is 11.5 Å². The Labute approximate surface area is 194 Å². The average Bonchev–Trinajstić information content (AvgIpc) is 2.84. The van der Waals surface area contributed by atoms with Crippen LogP contribution in [0.25, 0.3) is 11.1 Å². The summed E-state index contributed by atoms with van der Waals surface area (Å²) in [5.74, 6) is -1.30. The summed E-state index contributed by atoms with van der Waals surface area (Å²) in [6.07, 6.45) is -2.37. The second-order valence-corrected chi connectivity index (χ2v) is 8.28. The first kappa shape index (κ1) is 23.5. The van der Waals surface area contributed by atoms with Gasteiger partial charge in [-0.1, -0.05) is 24.3 Å². The van der Waals surface area contributed by atoms with E-state index in [1.165, 1.54) is 17.7 Å². The SMILES string of the molecule is O=C(O)c1cc(NC(=O)c2ccc(C(F)(F)F)cc2)cc(-c2ccc(C3CCNCC3)cc2)c1. The zero-order chi connectivity index (χ0) is 24.3. The molecule has 34 heavy (non-hydrogen) atoms. The van der Waals surface area contributed by atoms with E-state index in [2.05, 4.69) is 10.6 Å². The van der Waals surface area contributed by atoms with Gasteiger partial charge in [-0.3, -0.25) is 4.79 Å². The minimum absolute atomic E-state index is 0.0114. The average molecular weight is 468 g/mol. The number of nitrogens with one attached hydrogen (secondary N) is 2. The Balaban J connectivity index is 1.57. The van der Waals surface area contributed by atoms with Gasteiger partial charge < -0.3 is 15.7 Å². The number of hydrogen-bond donors (Lipinski definition) is 3. The van der Waals surface area contributed by atoms with Gasteiger partial charge in [-0.2, -0.15) is 13.2 Å². The predicted molar refractivity (Wildman–Crippen MR) is 123 cm³/mol. The molecule has 1 heterocycles. The number of anilines is 1. The first-order chi connectivity index (χ1) is 16.2. The van der Waals surface area contributed by atoms with Crippen LogP contribution < -0.4 is 10.6 Å². The minimum Gasteiger partial charge on any atom is -0.478 e. The number of carboxylic acid groups (broad SMARTS) is 1. The Kier molecular flexibility index (Phi) is 6.70. The summed E-state index contributed by atoms with van der Waals surface area (Å²) in [6.45, 7) is 1.96. The van der Waals surface area contributed by atoms with Gasteiger partial charge in [0, 0.05) is 11.3 Å². The molecule has 1 aliphatic heterocycles. The van der Waals surface area contributed by atoms with Crippen LogP contribution in [0.2, 0.25) is 0 Å². The summed E-state index contributed by atoms with van der Waals surface area (Å²) in [4.78, 5) is 24.2. The highest BCUT2D eigenvalue weighted by Crippen LogP contribution is 2.31. The van der Waals surface area contributed by atoms with Crippen molar-refractivity contribution in [3.63, 3.8) is 0 Å². The number of halogens is 3. The van der Waals surface area contributed by atoms with E-state index >= 15 is 0 Å². The number of hydrogen-bond acceptors (Lipinski definition) is 3. The van der Waals surface area contributed by atoms with Gasteiger partial charge in [0.15, 0.2) is 0 Å². The zero-order valence-electron chi connectivity index (χ0n) is 18.2. The van der Waals surface area contributed by atoms with Crippen LogP contribution in [0.1, 0.15) is 50.6 Å². The van der Waals surface area contributed by atoms with Crippen LogP contribution in [0.3, 0.4) is 0 Å². The number of alkyl halides is 3.